The van der Waals surface area contributed by atoms with E-state index in [-0.39, 0.29) is 11.3 Å². The fourth-order valence-corrected chi connectivity index (χ4v) is 5.46. The number of ether oxygens (including phenoxy) is 1. The zero-order valence-electron chi connectivity index (χ0n) is 27.0. The van der Waals surface area contributed by atoms with Crippen LogP contribution in [0.15, 0.2) is 42.5 Å². The largest absolute Gasteiger partial charge is 0.497 e. The molecule has 0 saturated carbocycles. The summed E-state index contributed by atoms with van der Waals surface area (Å²) in [6, 6.07) is 11.1. The molecule has 238 valence electrons. The van der Waals surface area contributed by atoms with Gasteiger partial charge < -0.3 is 14.7 Å². The van der Waals surface area contributed by atoms with Crippen molar-refractivity contribution in [3.05, 3.63) is 53.6 Å². The molecule has 0 unspecified atom stereocenters. The van der Waals surface area contributed by atoms with Gasteiger partial charge in [-0.05, 0) is 48.9 Å². The number of carbonyl (C=O) groups is 3. The third-order valence-corrected chi connectivity index (χ3v) is 8.08. The molecule has 0 spiro atoms. The SMILES string of the molecule is CCCCCCCCCCCCCCCCCCN(C)c1ccc(C(=O)O)cc1N(C(C)=O)C(=O)c1ccc(OC)cc1. The van der Waals surface area contributed by atoms with Crippen molar-refractivity contribution in [2.24, 2.45) is 0 Å². The number of carboxylic acid groups (broad SMARTS) is 1. The molecule has 2 aromatic rings. The van der Waals surface area contributed by atoms with Crippen LogP contribution in [-0.4, -0.2) is 43.6 Å². The van der Waals surface area contributed by atoms with Crippen molar-refractivity contribution in [2.75, 3.05) is 30.5 Å². The number of benzene rings is 2. The first-order valence-corrected chi connectivity index (χ1v) is 16.4. The Morgan fingerprint density at radius 2 is 1.14 bits per heavy atom. The molecule has 2 amide bonds. The lowest BCUT2D eigenvalue weighted by atomic mass is 10.0. The van der Waals surface area contributed by atoms with Crippen molar-refractivity contribution in [3.8, 4) is 5.75 Å². The molecule has 0 aliphatic carbocycles. The van der Waals surface area contributed by atoms with Gasteiger partial charge in [-0.1, -0.05) is 103 Å². The molecular weight excluding hydrogens is 540 g/mol. The topological polar surface area (TPSA) is 87.2 Å². The molecule has 0 atom stereocenters. The zero-order valence-corrected chi connectivity index (χ0v) is 27.0. The van der Waals surface area contributed by atoms with Crippen LogP contribution in [0.2, 0.25) is 0 Å². The minimum absolute atomic E-state index is 0.0170. The molecule has 0 heterocycles. The monoisotopic (exact) mass is 594 g/mol. The lowest BCUT2D eigenvalue weighted by Gasteiger charge is -2.28. The Morgan fingerprint density at radius 1 is 0.674 bits per heavy atom. The van der Waals surface area contributed by atoms with Crippen molar-refractivity contribution in [1.82, 2.24) is 0 Å². The first kappa shape index (κ1) is 35.8. The summed E-state index contributed by atoms with van der Waals surface area (Å²) < 4.78 is 5.18. The average Bonchev–Trinajstić information content (AvgIpc) is 3.00. The molecular formula is C36H54N2O5. The molecule has 0 radical (unpaired) electrons. The minimum Gasteiger partial charge on any atom is -0.497 e. The molecule has 7 heteroatoms. The molecule has 0 saturated heterocycles. The summed E-state index contributed by atoms with van der Waals surface area (Å²) in [4.78, 5) is 41.1. The summed E-state index contributed by atoms with van der Waals surface area (Å²) in [6.45, 7) is 4.32. The molecule has 2 aromatic carbocycles. The van der Waals surface area contributed by atoms with Gasteiger partial charge in [0.25, 0.3) is 5.91 Å². The lowest BCUT2D eigenvalue weighted by Crippen LogP contribution is -2.37. The van der Waals surface area contributed by atoms with Crippen LogP contribution in [0.25, 0.3) is 0 Å². The predicted octanol–water partition coefficient (Wildman–Crippen LogP) is 9.28. The number of rotatable bonds is 22. The molecule has 0 aliphatic heterocycles. The maximum absolute atomic E-state index is 13.5. The maximum atomic E-state index is 13.5. The van der Waals surface area contributed by atoms with Gasteiger partial charge >= 0.3 is 5.97 Å². The molecule has 0 aliphatic rings. The number of aromatic carboxylic acids is 1. The van der Waals surface area contributed by atoms with Crippen molar-refractivity contribution < 1.29 is 24.2 Å². The van der Waals surface area contributed by atoms with Gasteiger partial charge in [-0.25, -0.2) is 9.69 Å². The number of carbonyl (C=O) groups excluding carboxylic acids is 2. The number of hydrogen-bond acceptors (Lipinski definition) is 5. The molecule has 43 heavy (non-hydrogen) atoms. The third-order valence-electron chi connectivity index (χ3n) is 8.08. The van der Waals surface area contributed by atoms with Gasteiger partial charge in [-0.2, -0.15) is 0 Å². The van der Waals surface area contributed by atoms with Gasteiger partial charge in [0.2, 0.25) is 5.91 Å². The summed E-state index contributed by atoms with van der Waals surface area (Å²) in [7, 11) is 3.46. The van der Waals surface area contributed by atoms with E-state index in [9.17, 15) is 19.5 Å². The molecule has 0 bridgehead atoms. The van der Waals surface area contributed by atoms with Crippen LogP contribution < -0.4 is 14.5 Å². The van der Waals surface area contributed by atoms with Crippen LogP contribution in [0, 0.1) is 0 Å². The average molecular weight is 595 g/mol. The van der Waals surface area contributed by atoms with E-state index in [0.29, 0.717) is 17.0 Å². The van der Waals surface area contributed by atoms with E-state index in [1.54, 1.807) is 30.3 Å². The normalized spacial score (nSPS) is 10.9. The van der Waals surface area contributed by atoms with Gasteiger partial charge in [0.1, 0.15) is 5.75 Å². The van der Waals surface area contributed by atoms with Gasteiger partial charge in [-0.15, -0.1) is 0 Å². The summed E-state index contributed by atoms with van der Waals surface area (Å²) >= 11 is 0. The summed E-state index contributed by atoms with van der Waals surface area (Å²) in [5, 5.41) is 9.62. The quantitative estimate of drug-likeness (QED) is 0.137. The second-order valence-electron chi connectivity index (χ2n) is 11.6. The number of anilines is 2. The summed E-state index contributed by atoms with van der Waals surface area (Å²) in [6.07, 6.45) is 20.9. The Morgan fingerprint density at radius 3 is 1.58 bits per heavy atom. The standard InChI is InChI=1S/C36H54N2O5/c1-5-6-7-8-9-10-11-12-13-14-15-16-17-18-19-20-27-37(3)33-26-23-31(36(41)42)28-34(33)38(29(2)39)35(40)30-21-24-32(43-4)25-22-30/h21-26,28H,5-20,27H2,1-4H3,(H,41,42). The highest BCUT2D eigenvalue weighted by molar-refractivity contribution is 6.22. The van der Waals surface area contributed by atoms with Crippen molar-refractivity contribution in [2.45, 2.75) is 117 Å². The fraction of sp³-hybridized carbons (Fsp3) is 0.583. The second-order valence-corrected chi connectivity index (χ2v) is 11.6. The van der Waals surface area contributed by atoms with Crippen molar-refractivity contribution in [1.29, 1.82) is 0 Å². The van der Waals surface area contributed by atoms with E-state index in [1.807, 2.05) is 11.9 Å². The van der Waals surface area contributed by atoms with E-state index in [2.05, 4.69) is 6.92 Å². The fourth-order valence-electron chi connectivity index (χ4n) is 5.46. The van der Waals surface area contributed by atoms with Gasteiger partial charge in [0.15, 0.2) is 0 Å². The number of amides is 2. The third kappa shape index (κ3) is 12.8. The number of methoxy groups -OCH3 is 1. The van der Waals surface area contributed by atoms with Gasteiger partial charge in [0.05, 0.1) is 24.0 Å². The highest BCUT2D eigenvalue weighted by Crippen LogP contribution is 2.32. The highest BCUT2D eigenvalue weighted by Gasteiger charge is 2.26. The molecule has 1 N–H and O–H groups in total. The number of nitrogens with zero attached hydrogens (tertiary/aromatic N) is 2. The van der Waals surface area contributed by atoms with E-state index in [1.165, 1.54) is 116 Å². The number of unbranched alkanes of at least 4 members (excludes halogenated alkanes) is 15. The second kappa shape index (κ2) is 20.5. The van der Waals surface area contributed by atoms with Gasteiger partial charge in [-0.3, -0.25) is 9.59 Å². The van der Waals surface area contributed by atoms with Crippen LogP contribution in [0.3, 0.4) is 0 Å². The van der Waals surface area contributed by atoms with Crippen LogP contribution >= 0.6 is 0 Å². The Bertz CT molecular complexity index is 1120. The minimum atomic E-state index is -1.12. The Hall–Kier alpha value is -3.35. The van der Waals surface area contributed by atoms with E-state index < -0.39 is 17.8 Å². The summed E-state index contributed by atoms with van der Waals surface area (Å²) in [5.41, 5.74) is 1.24. The van der Waals surface area contributed by atoms with Crippen LogP contribution in [-0.2, 0) is 4.79 Å². The van der Waals surface area contributed by atoms with E-state index in [4.69, 9.17) is 4.74 Å². The lowest BCUT2D eigenvalue weighted by molar-refractivity contribution is -0.115. The maximum Gasteiger partial charge on any atom is 0.335 e. The number of carboxylic acids is 1. The molecule has 2 rings (SSSR count). The first-order valence-electron chi connectivity index (χ1n) is 16.4. The Labute approximate surface area is 259 Å². The highest BCUT2D eigenvalue weighted by atomic mass is 16.5. The zero-order chi connectivity index (χ0) is 31.5. The number of hydrogen-bond donors (Lipinski definition) is 1. The molecule has 0 fully saturated rings. The Balaban J connectivity index is 1.83. The van der Waals surface area contributed by atoms with E-state index in [0.717, 1.165) is 24.3 Å². The smallest absolute Gasteiger partial charge is 0.335 e. The Kier molecular flexibility index (Phi) is 17.1. The van der Waals surface area contributed by atoms with Crippen LogP contribution in [0.5, 0.6) is 5.75 Å². The van der Waals surface area contributed by atoms with E-state index >= 15 is 0 Å². The molecule has 7 nitrogen and oxygen atoms in total. The van der Waals surface area contributed by atoms with Crippen LogP contribution in [0.4, 0.5) is 11.4 Å². The predicted molar refractivity (Wildman–Crippen MR) is 177 cm³/mol. The van der Waals surface area contributed by atoms with Crippen molar-refractivity contribution >= 4 is 29.2 Å². The molecule has 0 aromatic heterocycles. The summed E-state index contributed by atoms with van der Waals surface area (Å²) in [5.74, 6) is -1.53. The van der Waals surface area contributed by atoms with Crippen molar-refractivity contribution in [3.63, 3.8) is 0 Å². The number of imide groups is 1. The first-order chi connectivity index (χ1) is 20.8. The van der Waals surface area contributed by atoms with Gasteiger partial charge in [0, 0.05) is 26.1 Å². The van der Waals surface area contributed by atoms with Crippen LogP contribution in [0.1, 0.15) is 137 Å².